The zero-order valence-electron chi connectivity index (χ0n) is 14.1. The monoisotopic (exact) mass is 356 g/mol. The second kappa shape index (κ2) is 7.18. The molecule has 3 aromatic rings. The van der Waals surface area contributed by atoms with Gasteiger partial charge < -0.3 is 14.3 Å². The van der Waals surface area contributed by atoms with Gasteiger partial charge in [-0.05, 0) is 18.1 Å². The van der Waals surface area contributed by atoms with Crippen LogP contribution in [0.15, 0.2) is 51.6 Å². The van der Waals surface area contributed by atoms with Crippen LogP contribution < -0.4 is 5.32 Å². The van der Waals surface area contributed by atoms with Crippen LogP contribution in [0.5, 0.6) is 0 Å². The molecule has 0 radical (unpaired) electrons. The molecule has 0 bridgehead atoms. The van der Waals surface area contributed by atoms with E-state index in [1.54, 1.807) is 24.3 Å². The number of carbonyl (C=O) groups excluding carboxylic acids is 1. The van der Waals surface area contributed by atoms with Gasteiger partial charge in [-0.25, -0.2) is 0 Å². The van der Waals surface area contributed by atoms with Gasteiger partial charge in [0.2, 0.25) is 11.7 Å². The van der Waals surface area contributed by atoms with Crippen molar-refractivity contribution >= 4 is 11.6 Å². The maximum absolute atomic E-state index is 12.2. The van der Waals surface area contributed by atoms with Gasteiger partial charge in [0.15, 0.2) is 5.76 Å². The Kier molecular flexibility index (Phi) is 4.78. The zero-order valence-corrected chi connectivity index (χ0v) is 14.1. The highest BCUT2D eigenvalue weighted by Gasteiger charge is 2.26. The summed E-state index contributed by atoms with van der Waals surface area (Å²) in [4.78, 5) is 26.9. The minimum Gasteiger partial charge on any atom is -0.459 e. The number of aromatic nitrogens is 2. The van der Waals surface area contributed by atoms with E-state index in [9.17, 15) is 14.9 Å². The molecule has 2 aromatic heterocycles. The van der Waals surface area contributed by atoms with Crippen molar-refractivity contribution in [1.82, 2.24) is 15.5 Å². The zero-order chi connectivity index (χ0) is 18.7. The van der Waals surface area contributed by atoms with Crippen LogP contribution in [0.4, 0.5) is 5.69 Å². The fourth-order valence-corrected chi connectivity index (χ4v) is 2.37. The highest BCUT2D eigenvalue weighted by atomic mass is 16.6. The lowest BCUT2D eigenvalue weighted by Crippen LogP contribution is -2.31. The Morgan fingerprint density at radius 3 is 2.73 bits per heavy atom. The Labute approximate surface area is 148 Å². The van der Waals surface area contributed by atoms with E-state index >= 15 is 0 Å². The van der Waals surface area contributed by atoms with Gasteiger partial charge in [-0.15, -0.1) is 0 Å². The van der Waals surface area contributed by atoms with Gasteiger partial charge in [0.05, 0.1) is 11.2 Å². The molecule has 0 saturated carbocycles. The fourth-order valence-electron chi connectivity index (χ4n) is 2.37. The number of carbonyl (C=O) groups is 1. The molecule has 0 unspecified atom stereocenters. The van der Waals surface area contributed by atoms with Crippen molar-refractivity contribution in [3.8, 4) is 11.4 Å². The predicted molar refractivity (Wildman–Crippen MR) is 90.1 cm³/mol. The minimum absolute atomic E-state index is 0.0349. The molecule has 26 heavy (non-hydrogen) atoms. The number of hydrogen-bond donors (Lipinski definition) is 1. The Bertz CT molecular complexity index is 917. The SMILES string of the molecule is CC(C)[C@@H](NC(=O)c1ccco1)c1nc(-c2cccc([N+](=O)[O-])c2)no1. The molecular formula is C17H16N4O5. The first-order chi connectivity index (χ1) is 12.5. The molecule has 9 heteroatoms. The predicted octanol–water partition coefficient (Wildman–Crippen LogP) is 3.36. The molecule has 1 N–H and O–H groups in total. The molecule has 9 nitrogen and oxygen atoms in total. The van der Waals surface area contributed by atoms with Gasteiger partial charge >= 0.3 is 0 Å². The number of rotatable bonds is 6. The number of hydrogen-bond acceptors (Lipinski definition) is 7. The Hall–Kier alpha value is -3.49. The van der Waals surface area contributed by atoms with Crippen molar-refractivity contribution in [3.63, 3.8) is 0 Å². The number of nitrogens with one attached hydrogen (secondary N) is 1. The highest BCUT2D eigenvalue weighted by molar-refractivity contribution is 5.91. The van der Waals surface area contributed by atoms with Crippen LogP contribution in [-0.4, -0.2) is 21.0 Å². The average molecular weight is 356 g/mol. The lowest BCUT2D eigenvalue weighted by atomic mass is 10.0. The van der Waals surface area contributed by atoms with Crippen LogP contribution in [0.2, 0.25) is 0 Å². The van der Waals surface area contributed by atoms with Crippen molar-refractivity contribution in [2.24, 2.45) is 5.92 Å². The van der Waals surface area contributed by atoms with Crippen molar-refractivity contribution in [1.29, 1.82) is 0 Å². The minimum atomic E-state index is -0.535. The summed E-state index contributed by atoms with van der Waals surface area (Å²) in [5.74, 6) is 0.160. The Morgan fingerprint density at radius 1 is 1.27 bits per heavy atom. The number of nitro groups is 1. The first-order valence-corrected chi connectivity index (χ1v) is 7.88. The van der Waals surface area contributed by atoms with Crippen molar-refractivity contribution < 1.29 is 18.7 Å². The Balaban J connectivity index is 1.85. The summed E-state index contributed by atoms with van der Waals surface area (Å²) in [7, 11) is 0. The third-order valence-electron chi connectivity index (χ3n) is 3.72. The first kappa shape index (κ1) is 17.3. The van der Waals surface area contributed by atoms with Crippen molar-refractivity contribution in [3.05, 3.63) is 64.4 Å². The van der Waals surface area contributed by atoms with Gasteiger partial charge in [-0.1, -0.05) is 31.1 Å². The van der Waals surface area contributed by atoms with E-state index in [0.717, 1.165) is 0 Å². The number of non-ortho nitro benzene ring substituents is 1. The molecule has 0 spiro atoms. The molecule has 0 aliphatic carbocycles. The summed E-state index contributed by atoms with van der Waals surface area (Å²) in [6, 6.07) is 8.56. The van der Waals surface area contributed by atoms with Gasteiger partial charge in [0.25, 0.3) is 11.6 Å². The first-order valence-electron chi connectivity index (χ1n) is 7.88. The molecule has 0 aliphatic heterocycles. The fraction of sp³-hybridized carbons (Fsp3) is 0.235. The normalized spacial score (nSPS) is 12.1. The Morgan fingerprint density at radius 2 is 2.08 bits per heavy atom. The third kappa shape index (κ3) is 3.61. The number of benzene rings is 1. The van der Waals surface area contributed by atoms with Crippen LogP contribution in [0, 0.1) is 16.0 Å². The van der Waals surface area contributed by atoms with Crippen molar-refractivity contribution in [2.45, 2.75) is 19.9 Å². The number of amides is 1. The van der Waals surface area contributed by atoms with Gasteiger partial charge in [-0.3, -0.25) is 14.9 Å². The molecule has 0 saturated heterocycles. The van der Waals surface area contributed by atoms with Gasteiger partial charge in [0.1, 0.15) is 6.04 Å². The summed E-state index contributed by atoms with van der Waals surface area (Å²) in [6.07, 6.45) is 1.41. The van der Waals surface area contributed by atoms with Crippen LogP contribution >= 0.6 is 0 Å². The maximum atomic E-state index is 12.2. The highest BCUT2D eigenvalue weighted by Crippen LogP contribution is 2.26. The number of nitro benzene ring substituents is 1. The van der Waals surface area contributed by atoms with E-state index < -0.39 is 16.9 Å². The van der Waals surface area contributed by atoms with Crippen LogP contribution in [0.3, 0.4) is 0 Å². The molecule has 3 rings (SSSR count). The van der Waals surface area contributed by atoms with E-state index in [2.05, 4.69) is 15.5 Å². The molecule has 2 heterocycles. The summed E-state index contributed by atoms with van der Waals surface area (Å²) in [5, 5.41) is 17.6. The average Bonchev–Trinajstić information content (AvgIpc) is 3.31. The standard InChI is InChI=1S/C17H16N4O5/c1-10(2)14(18-16(22)13-7-4-8-25-13)17-19-15(20-26-17)11-5-3-6-12(9-11)21(23)24/h3-10,14H,1-2H3,(H,18,22)/t14-/m1/s1. The molecule has 1 atom stereocenters. The second-order valence-corrected chi connectivity index (χ2v) is 5.94. The van der Waals surface area contributed by atoms with Crippen LogP contribution in [0.1, 0.15) is 36.3 Å². The van der Waals surface area contributed by atoms with Crippen LogP contribution in [0.25, 0.3) is 11.4 Å². The summed E-state index contributed by atoms with van der Waals surface area (Å²) < 4.78 is 10.4. The summed E-state index contributed by atoms with van der Waals surface area (Å²) in [6.45, 7) is 3.79. The van der Waals surface area contributed by atoms with E-state index in [4.69, 9.17) is 8.94 Å². The number of nitrogens with zero attached hydrogens (tertiary/aromatic N) is 3. The largest absolute Gasteiger partial charge is 0.459 e. The van der Waals surface area contributed by atoms with Crippen molar-refractivity contribution in [2.75, 3.05) is 0 Å². The van der Waals surface area contributed by atoms with Gasteiger partial charge in [0, 0.05) is 17.7 Å². The van der Waals surface area contributed by atoms with E-state index in [1.165, 1.54) is 18.4 Å². The molecular weight excluding hydrogens is 340 g/mol. The number of furan rings is 1. The summed E-state index contributed by atoms with van der Waals surface area (Å²) in [5.41, 5.74) is 0.384. The lowest BCUT2D eigenvalue weighted by Gasteiger charge is -2.17. The smallest absolute Gasteiger partial charge is 0.287 e. The molecule has 0 fully saturated rings. The molecule has 1 amide bonds. The van der Waals surface area contributed by atoms with E-state index in [-0.39, 0.29) is 29.1 Å². The molecule has 0 aliphatic rings. The summed E-state index contributed by atoms with van der Waals surface area (Å²) >= 11 is 0. The van der Waals surface area contributed by atoms with Gasteiger partial charge in [-0.2, -0.15) is 4.98 Å². The lowest BCUT2D eigenvalue weighted by molar-refractivity contribution is -0.384. The van der Waals surface area contributed by atoms with Crippen LogP contribution in [-0.2, 0) is 0 Å². The third-order valence-corrected chi connectivity index (χ3v) is 3.72. The quantitative estimate of drug-likeness (QED) is 0.530. The van der Waals surface area contributed by atoms with E-state index in [0.29, 0.717) is 5.56 Å². The molecule has 134 valence electrons. The topological polar surface area (TPSA) is 124 Å². The second-order valence-electron chi connectivity index (χ2n) is 5.94. The van der Waals surface area contributed by atoms with E-state index in [1.807, 2.05) is 13.8 Å². The maximum Gasteiger partial charge on any atom is 0.287 e. The molecule has 1 aromatic carbocycles.